The summed E-state index contributed by atoms with van der Waals surface area (Å²) in [5.41, 5.74) is 0.649. The molecule has 0 saturated heterocycles. The summed E-state index contributed by atoms with van der Waals surface area (Å²) in [7, 11) is 1.50. The molecule has 0 saturated carbocycles. The van der Waals surface area contributed by atoms with Crippen LogP contribution in [0, 0.1) is 0 Å². The lowest BCUT2D eigenvalue weighted by Crippen LogP contribution is -2.27. The van der Waals surface area contributed by atoms with Crippen LogP contribution in [-0.4, -0.2) is 40.8 Å². The number of amides is 1. The molecule has 0 atom stereocenters. The van der Waals surface area contributed by atoms with Crippen molar-refractivity contribution in [1.29, 1.82) is 0 Å². The summed E-state index contributed by atoms with van der Waals surface area (Å²) >= 11 is 0. The van der Waals surface area contributed by atoms with Crippen molar-refractivity contribution in [3.63, 3.8) is 0 Å². The van der Waals surface area contributed by atoms with E-state index in [2.05, 4.69) is 20.8 Å². The molecule has 7 nitrogen and oxygen atoms in total. The lowest BCUT2D eigenvalue weighted by molar-refractivity contribution is -0.118. The van der Waals surface area contributed by atoms with E-state index in [-0.39, 0.29) is 18.1 Å². The zero-order chi connectivity index (χ0) is 13.8. The molecule has 0 aliphatic carbocycles. The van der Waals surface area contributed by atoms with Gasteiger partial charge in [-0.15, -0.1) is 10.2 Å². The number of hydrogen-bond acceptors (Lipinski definition) is 5. The summed E-state index contributed by atoms with van der Waals surface area (Å²) in [6, 6.07) is 6.99. The van der Waals surface area contributed by atoms with E-state index in [1.807, 2.05) is 0 Å². The van der Waals surface area contributed by atoms with Gasteiger partial charge in [0.15, 0.2) is 5.69 Å². The second-order valence-corrected chi connectivity index (χ2v) is 3.77. The van der Waals surface area contributed by atoms with Gasteiger partial charge in [0.2, 0.25) is 5.91 Å². The van der Waals surface area contributed by atoms with Gasteiger partial charge in [0.25, 0.3) is 0 Å². The maximum absolute atomic E-state index is 11.2. The lowest BCUT2D eigenvalue weighted by atomic mass is 10.1. The topological polar surface area (TPSA) is 104 Å². The Labute approximate surface area is 108 Å². The van der Waals surface area contributed by atoms with Crippen LogP contribution in [-0.2, 0) is 4.79 Å². The zero-order valence-electron chi connectivity index (χ0n) is 10.2. The van der Waals surface area contributed by atoms with E-state index in [0.29, 0.717) is 16.6 Å². The average molecular weight is 260 g/mol. The maximum atomic E-state index is 11.2. The number of nitrogens with one attached hydrogen (secondary N) is 2. The Morgan fingerprint density at radius 3 is 2.68 bits per heavy atom. The largest absolute Gasteiger partial charge is 0.476 e. The number of hydrogen-bond donors (Lipinski definition) is 3. The van der Waals surface area contributed by atoms with Crippen molar-refractivity contribution in [2.45, 2.75) is 0 Å². The third-order valence-electron chi connectivity index (χ3n) is 2.58. The van der Waals surface area contributed by atoms with E-state index < -0.39 is 5.97 Å². The van der Waals surface area contributed by atoms with Crippen LogP contribution in [0.3, 0.4) is 0 Å². The van der Waals surface area contributed by atoms with Crippen LogP contribution in [0.2, 0.25) is 0 Å². The van der Waals surface area contributed by atoms with Crippen LogP contribution in [0.1, 0.15) is 10.5 Å². The number of aromatic carboxylic acids is 1. The van der Waals surface area contributed by atoms with Crippen molar-refractivity contribution in [2.75, 3.05) is 18.9 Å². The molecule has 0 radical (unpaired) electrons. The van der Waals surface area contributed by atoms with Crippen molar-refractivity contribution in [1.82, 2.24) is 15.5 Å². The maximum Gasteiger partial charge on any atom is 0.358 e. The number of aromatic nitrogens is 2. The number of rotatable bonds is 4. The van der Waals surface area contributed by atoms with Gasteiger partial charge >= 0.3 is 5.97 Å². The first-order chi connectivity index (χ1) is 9.13. The van der Waals surface area contributed by atoms with Crippen LogP contribution in [0.15, 0.2) is 24.3 Å². The number of carboxylic acids is 1. The fourth-order valence-electron chi connectivity index (χ4n) is 1.64. The highest BCUT2D eigenvalue weighted by atomic mass is 16.4. The molecule has 0 spiro atoms. The predicted octanol–water partition coefficient (Wildman–Crippen LogP) is 0.486. The van der Waals surface area contributed by atoms with E-state index in [1.54, 1.807) is 24.3 Å². The molecule has 1 aromatic heterocycles. The Morgan fingerprint density at radius 1 is 1.26 bits per heavy atom. The standard InChI is InChI=1S/C12H12N4O3/c1-13-9(17)6-14-10-7-4-2-3-5-8(7)15-16-11(10)12(18)19/h2-5H,6H2,1H3,(H,13,17)(H,14,15)(H,18,19). The highest BCUT2D eigenvalue weighted by Gasteiger charge is 2.16. The van der Waals surface area contributed by atoms with Crippen molar-refractivity contribution >= 4 is 28.5 Å². The number of benzene rings is 1. The summed E-state index contributed by atoms with van der Waals surface area (Å²) in [4.78, 5) is 22.4. The van der Waals surface area contributed by atoms with Gasteiger partial charge in [-0.25, -0.2) is 4.79 Å². The van der Waals surface area contributed by atoms with E-state index in [4.69, 9.17) is 5.11 Å². The second kappa shape index (κ2) is 5.30. The van der Waals surface area contributed by atoms with Crippen molar-refractivity contribution < 1.29 is 14.7 Å². The fraction of sp³-hybridized carbons (Fsp3) is 0.167. The summed E-state index contributed by atoms with van der Waals surface area (Å²) in [5, 5.41) is 22.5. The number of carbonyl (C=O) groups excluding carboxylic acids is 1. The molecule has 0 aliphatic heterocycles. The van der Waals surface area contributed by atoms with Crippen LogP contribution in [0.5, 0.6) is 0 Å². The van der Waals surface area contributed by atoms with Crippen LogP contribution in [0.25, 0.3) is 10.9 Å². The number of carboxylic acid groups (broad SMARTS) is 1. The van der Waals surface area contributed by atoms with Gasteiger partial charge in [0, 0.05) is 12.4 Å². The SMILES string of the molecule is CNC(=O)CNc1c(C(=O)O)nnc2ccccc12. The smallest absolute Gasteiger partial charge is 0.358 e. The minimum Gasteiger partial charge on any atom is -0.476 e. The molecule has 0 fully saturated rings. The third-order valence-corrected chi connectivity index (χ3v) is 2.58. The molecule has 7 heteroatoms. The Kier molecular flexibility index (Phi) is 3.56. The average Bonchev–Trinajstić information content (AvgIpc) is 2.43. The predicted molar refractivity (Wildman–Crippen MR) is 69.1 cm³/mol. The zero-order valence-corrected chi connectivity index (χ0v) is 10.2. The number of likely N-dealkylation sites (N-methyl/N-ethyl adjacent to an activating group) is 1. The molecule has 1 aromatic carbocycles. The minimum atomic E-state index is -1.20. The monoisotopic (exact) mass is 260 g/mol. The fourth-order valence-corrected chi connectivity index (χ4v) is 1.64. The van der Waals surface area contributed by atoms with Gasteiger partial charge in [0.1, 0.15) is 0 Å². The summed E-state index contributed by atoms with van der Waals surface area (Å²) in [6.07, 6.45) is 0. The number of nitrogens with zero attached hydrogens (tertiary/aromatic N) is 2. The molecule has 0 aliphatic rings. The van der Waals surface area contributed by atoms with Crippen LogP contribution in [0.4, 0.5) is 5.69 Å². The van der Waals surface area contributed by atoms with Gasteiger partial charge in [-0.05, 0) is 6.07 Å². The third kappa shape index (κ3) is 2.59. The van der Waals surface area contributed by atoms with Gasteiger partial charge in [-0.3, -0.25) is 4.79 Å². The normalized spacial score (nSPS) is 10.2. The first-order valence-electron chi connectivity index (χ1n) is 5.56. The molecule has 1 amide bonds. The molecule has 2 aromatic rings. The van der Waals surface area contributed by atoms with Gasteiger partial charge in [0.05, 0.1) is 17.7 Å². The van der Waals surface area contributed by atoms with Gasteiger partial charge in [-0.1, -0.05) is 18.2 Å². The van der Waals surface area contributed by atoms with Crippen molar-refractivity contribution in [3.8, 4) is 0 Å². The van der Waals surface area contributed by atoms with E-state index in [1.165, 1.54) is 7.05 Å². The molecule has 0 bridgehead atoms. The molecule has 19 heavy (non-hydrogen) atoms. The number of carbonyl (C=O) groups is 2. The molecular weight excluding hydrogens is 248 g/mol. The van der Waals surface area contributed by atoms with E-state index in [9.17, 15) is 9.59 Å². The number of fused-ring (bicyclic) bond motifs is 1. The van der Waals surface area contributed by atoms with Crippen molar-refractivity contribution in [2.24, 2.45) is 0 Å². The molecule has 98 valence electrons. The second-order valence-electron chi connectivity index (χ2n) is 3.77. The van der Waals surface area contributed by atoms with Gasteiger partial charge < -0.3 is 15.7 Å². The lowest BCUT2D eigenvalue weighted by Gasteiger charge is -2.10. The Hall–Kier alpha value is -2.70. The number of anilines is 1. The summed E-state index contributed by atoms with van der Waals surface area (Å²) in [6.45, 7) is -0.0353. The Morgan fingerprint density at radius 2 is 2.00 bits per heavy atom. The molecule has 3 N–H and O–H groups in total. The Balaban J connectivity index is 2.49. The van der Waals surface area contributed by atoms with Gasteiger partial charge in [-0.2, -0.15) is 0 Å². The van der Waals surface area contributed by atoms with E-state index >= 15 is 0 Å². The summed E-state index contributed by atoms with van der Waals surface area (Å²) < 4.78 is 0. The summed E-state index contributed by atoms with van der Waals surface area (Å²) in [5.74, 6) is -1.45. The first kappa shape index (κ1) is 12.7. The van der Waals surface area contributed by atoms with Crippen molar-refractivity contribution in [3.05, 3.63) is 30.0 Å². The Bertz CT molecular complexity index is 642. The molecule has 0 unspecified atom stereocenters. The highest BCUT2D eigenvalue weighted by Crippen LogP contribution is 2.23. The van der Waals surface area contributed by atoms with E-state index in [0.717, 1.165) is 0 Å². The molecule has 2 rings (SSSR count). The highest BCUT2D eigenvalue weighted by molar-refractivity contribution is 6.03. The quantitative estimate of drug-likeness (QED) is 0.738. The van der Waals surface area contributed by atoms with Crippen LogP contribution < -0.4 is 10.6 Å². The molecule has 1 heterocycles. The van der Waals surface area contributed by atoms with Crippen LogP contribution >= 0.6 is 0 Å². The molecular formula is C12H12N4O3. The first-order valence-corrected chi connectivity index (χ1v) is 5.56. The minimum absolute atomic E-state index is 0.0353.